The molecule has 0 saturated carbocycles. The highest BCUT2D eigenvalue weighted by atomic mass is 16.6. The molecule has 6 nitrogen and oxygen atoms in total. The first-order valence-electron chi connectivity index (χ1n) is 31.0. The average Bonchev–Trinajstić information content (AvgIpc) is 3.43. The minimum atomic E-state index is -0.812. The molecule has 77 heavy (non-hydrogen) atoms. The van der Waals surface area contributed by atoms with Crippen LogP contribution in [0, 0.1) is 0 Å². The summed E-state index contributed by atoms with van der Waals surface area (Å²) in [5, 5.41) is 0. The summed E-state index contributed by atoms with van der Waals surface area (Å²) in [5.41, 5.74) is 0. The molecule has 0 spiro atoms. The maximum absolute atomic E-state index is 12.9. The minimum Gasteiger partial charge on any atom is -0.462 e. The van der Waals surface area contributed by atoms with Gasteiger partial charge in [0, 0.05) is 19.3 Å². The van der Waals surface area contributed by atoms with Crippen LogP contribution in [-0.2, 0) is 28.6 Å². The summed E-state index contributed by atoms with van der Waals surface area (Å²) in [4.78, 5) is 38.1. The summed E-state index contributed by atoms with van der Waals surface area (Å²) in [5.74, 6) is -0.982. The summed E-state index contributed by atoms with van der Waals surface area (Å²) in [6.45, 7) is 6.33. The van der Waals surface area contributed by atoms with Crippen molar-refractivity contribution >= 4 is 17.9 Å². The molecule has 0 saturated heterocycles. The lowest BCUT2D eigenvalue weighted by atomic mass is 10.1. The van der Waals surface area contributed by atoms with Gasteiger partial charge in [0.15, 0.2) is 6.10 Å². The van der Waals surface area contributed by atoms with Crippen LogP contribution in [0.25, 0.3) is 0 Å². The van der Waals surface area contributed by atoms with Gasteiger partial charge in [-0.15, -0.1) is 0 Å². The van der Waals surface area contributed by atoms with Crippen LogP contribution in [0.1, 0.15) is 252 Å². The zero-order valence-electron chi connectivity index (χ0n) is 49.4. The quantitative estimate of drug-likeness (QED) is 0.0261. The van der Waals surface area contributed by atoms with Crippen LogP contribution < -0.4 is 0 Å². The average molecular weight is 1060 g/mol. The monoisotopic (exact) mass is 1060 g/mol. The Hall–Kier alpha value is -4.97. The third kappa shape index (κ3) is 61.8. The van der Waals surface area contributed by atoms with Crippen molar-refractivity contribution in [1.82, 2.24) is 0 Å². The molecule has 432 valence electrons. The Bertz CT molecular complexity index is 1740. The zero-order chi connectivity index (χ0) is 55.7. The van der Waals surface area contributed by atoms with Gasteiger partial charge in [0.2, 0.25) is 0 Å². The van der Waals surface area contributed by atoms with E-state index in [1.165, 1.54) is 70.6 Å². The number of ether oxygens (including phenoxy) is 3. The highest BCUT2D eigenvalue weighted by molar-refractivity contribution is 5.71. The summed E-state index contributed by atoms with van der Waals surface area (Å²) in [6.07, 6.45) is 92.6. The topological polar surface area (TPSA) is 78.9 Å². The zero-order valence-corrected chi connectivity index (χ0v) is 49.4. The van der Waals surface area contributed by atoms with Gasteiger partial charge in [-0.2, -0.15) is 0 Å². The van der Waals surface area contributed by atoms with E-state index in [9.17, 15) is 14.4 Å². The van der Waals surface area contributed by atoms with Crippen molar-refractivity contribution in [3.8, 4) is 0 Å². The number of rotatable bonds is 54. The summed E-state index contributed by atoms with van der Waals surface area (Å²) in [6, 6.07) is 0. The van der Waals surface area contributed by atoms with Crippen LogP contribution in [0.15, 0.2) is 158 Å². The van der Waals surface area contributed by atoms with E-state index in [0.717, 1.165) is 135 Å². The van der Waals surface area contributed by atoms with Crippen molar-refractivity contribution in [3.05, 3.63) is 158 Å². The molecule has 0 heterocycles. The molecule has 0 fully saturated rings. The van der Waals surface area contributed by atoms with Gasteiger partial charge < -0.3 is 14.2 Å². The highest BCUT2D eigenvalue weighted by Crippen LogP contribution is 2.14. The van der Waals surface area contributed by atoms with Crippen LogP contribution >= 0.6 is 0 Å². The van der Waals surface area contributed by atoms with E-state index in [1.54, 1.807) is 0 Å². The molecule has 0 aliphatic heterocycles. The summed E-state index contributed by atoms with van der Waals surface area (Å²) in [7, 11) is 0. The summed E-state index contributed by atoms with van der Waals surface area (Å²) < 4.78 is 16.8. The number of hydrogen-bond donors (Lipinski definition) is 0. The summed E-state index contributed by atoms with van der Waals surface area (Å²) >= 11 is 0. The first-order chi connectivity index (χ1) is 38.0. The Balaban J connectivity index is 4.39. The van der Waals surface area contributed by atoms with Gasteiger partial charge in [0.25, 0.3) is 0 Å². The van der Waals surface area contributed by atoms with Gasteiger partial charge in [0.05, 0.1) is 0 Å². The number of esters is 3. The van der Waals surface area contributed by atoms with Gasteiger partial charge in [-0.3, -0.25) is 14.4 Å². The Morgan fingerprint density at radius 3 is 0.844 bits per heavy atom. The Morgan fingerprint density at radius 1 is 0.273 bits per heavy atom. The number of allylic oxidation sites excluding steroid dienone is 26. The molecule has 0 rings (SSSR count). The number of hydrogen-bond acceptors (Lipinski definition) is 6. The second kappa shape index (κ2) is 63.6. The molecule has 0 aromatic carbocycles. The predicted octanol–water partition coefficient (Wildman–Crippen LogP) is 21.3. The van der Waals surface area contributed by atoms with E-state index in [-0.39, 0.29) is 37.5 Å². The third-order valence-corrected chi connectivity index (χ3v) is 12.5. The predicted molar refractivity (Wildman–Crippen MR) is 334 cm³/mol. The van der Waals surface area contributed by atoms with E-state index >= 15 is 0 Å². The largest absolute Gasteiger partial charge is 0.462 e. The SMILES string of the molecule is CC/C=C\C/C=C\C/C=C\C/C=C\C/C=C\C/C=C\C/C=C\C/C=C\C/C=C\CCCC(=O)OCC(COC(=O)CCCCCCCCCCC)OC(=O)CCCCCCCCCC/C=C\C/C=C\C/C=C\C/C=C\CC. The van der Waals surface area contributed by atoms with Gasteiger partial charge in [-0.1, -0.05) is 269 Å². The molecule has 0 N–H and O–H groups in total. The fourth-order valence-electron chi connectivity index (χ4n) is 7.96. The fraction of sp³-hybridized carbons (Fsp3) is 0.592. The second-order valence-electron chi connectivity index (χ2n) is 19.9. The molecule has 0 amide bonds. The standard InChI is InChI=1S/C71H112O6/c1-4-7-10-13-16-19-21-23-25-27-29-31-32-33-34-35-36-37-38-40-41-43-45-47-49-52-55-58-61-64-70(73)76-67-68(66-75-69(72)63-60-57-54-51-18-15-12-9-6-3)77-71(74)65-62-59-56-53-50-48-46-44-42-39-30-28-26-24-22-20-17-14-11-8-5-2/h7-8,10-11,16-17,19-20,23-26,29-31,33-34,36-37,39-41,45,47,52,55,68H,4-6,9,12-15,18,21-22,27-28,32,35,38,42-44,46,48-51,53-54,56-67H2,1-3H3/b10-7-,11-8-,19-16-,20-17-,25-23-,26-24-,31-29-,34-33-,37-36-,39-30-,41-40-,47-45-,55-52-. The Kier molecular flexibility index (Phi) is 59.5. The van der Waals surface area contributed by atoms with E-state index in [0.29, 0.717) is 19.3 Å². The van der Waals surface area contributed by atoms with Crippen molar-refractivity contribution in [2.24, 2.45) is 0 Å². The second-order valence-corrected chi connectivity index (χ2v) is 19.9. The molecule has 1 unspecified atom stereocenters. The lowest BCUT2D eigenvalue weighted by Crippen LogP contribution is -2.30. The van der Waals surface area contributed by atoms with Gasteiger partial charge >= 0.3 is 17.9 Å². The number of carbonyl (C=O) groups is 3. The molecule has 0 bridgehead atoms. The van der Waals surface area contributed by atoms with E-state index in [4.69, 9.17) is 14.2 Å². The van der Waals surface area contributed by atoms with Gasteiger partial charge in [0.1, 0.15) is 13.2 Å². The van der Waals surface area contributed by atoms with Crippen LogP contribution in [0.5, 0.6) is 0 Å². The number of unbranched alkanes of at least 4 members (excludes halogenated alkanes) is 17. The van der Waals surface area contributed by atoms with Crippen molar-refractivity contribution in [2.75, 3.05) is 13.2 Å². The van der Waals surface area contributed by atoms with Crippen LogP contribution in [0.3, 0.4) is 0 Å². The van der Waals surface area contributed by atoms with E-state index in [1.807, 2.05) is 0 Å². The van der Waals surface area contributed by atoms with Crippen LogP contribution in [0.4, 0.5) is 0 Å². The Morgan fingerprint density at radius 2 is 0.519 bits per heavy atom. The molecule has 0 aliphatic carbocycles. The minimum absolute atomic E-state index is 0.104. The maximum atomic E-state index is 12.9. The van der Waals surface area contributed by atoms with Crippen molar-refractivity contribution < 1.29 is 28.6 Å². The fourth-order valence-corrected chi connectivity index (χ4v) is 7.96. The van der Waals surface area contributed by atoms with Crippen molar-refractivity contribution in [2.45, 2.75) is 258 Å². The third-order valence-electron chi connectivity index (χ3n) is 12.5. The maximum Gasteiger partial charge on any atom is 0.306 e. The lowest BCUT2D eigenvalue weighted by molar-refractivity contribution is -0.167. The number of carbonyl (C=O) groups excluding carboxylic acids is 3. The highest BCUT2D eigenvalue weighted by Gasteiger charge is 2.19. The Labute approximate surface area is 473 Å². The molecule has 0 aliphatic rings. The molecular weight excluding hydrogens is 949 g/mol. The first-order valence-corrected chi connectivity index (χ1v) is 31.0. The van der Waals surface area contributed by atoms with Crippen molar-refractivity contribution in [1.29, 1.82) is 0 Å². The van der Waals surface area contributed by atoms with E-state index in [2.05, 4.69) is 179 Å². The molecule has 1 atom stereocenters. The molecule has 0 aromatic rings. The molecule has 6 heteroatoms. The van der Waals surface area contributed by atoms with Crippen LogP contribution in [-0.4, -0.2) is 37.2 Å². The smallest absolute Gasteiger partial charge is 0.306 e. The lowest BCUT2D eigenvalue weighted by Gasteiger charge is -2.18. The normalized spacial score (nSPS) is 13.2. The van der Waals surface area contributed by atoms with Crippen LogP contribution in [0.2, 0.25) is 0 Å². The first kappa shape index (κ1) is 72.0. The van der Waals surface area contributed by atoms with Gasteiger partial charge in [-0.25, -0.2) is 0 Å². The molecule has 0 aromatic heterocycles. The molecular formula is C71H112O6. The molecule has 0 radical (unpaired) electrons. The van der Waals surface area contributed by atoms with Gasteiger partial charge in [-0.05, 0) is 122 Å². The van der Waals surface area contributed by atoms with Crippen molar-refractivity contribution in [3.63, 3.8) is 0 Å². The van der Waals surface area contributed by atoms with E-state index < -0.39 is 6.10 Å².